The molecule has 0 fully saturated rings. The Morgan fingerprint density at radius 1 is 1.37 bits per heavy atom. The van der Waals surface area contributed by atoms with Gasteiger partial charge < -0.3 is 9.40 Å². The van der Waals surface area contributed by atoms with Gasteiger partial charge in [0, 0.05) is 24.9 Å². The first kappa shape index (κ1) is 11.5. The van der Waals surface area contributed by atoms with Crippen LogP contribution in [0.2, 0.25) is 0 Å². The van der Waals surface area contributed by atoms with E-state index in [2.05, 4.69) is 15.1 Å². The molecule has 0 aliphatic rings. The van der Waals surface area contributed by atoms with Gasteiger partial charge in [0.05, 0.1) is 11.9 Å². The van der Waals surface area contributed by atoms with Crippen LogP contribution in [0.1, 0.15) is 5.76 Å². The van der Waals surface area contributed by atoms with Crippen molar-refractivity contribution in [2.24, 2.45) is 7.05 Å². The van der Waals surface area contributed by atoms with Crippen molar-refractivity contribution in [2.45, 2.75) is 6.92 Å². The molecule has 3 aromatic rings. The average Bonchev–Trinajstić information content (AvgIpc) is 2.97. The quantitative estimate of drug-likeness (QED) is 0.757. The van der Waals surface area contributed by atoms with Crippen LogP contribution in [0.25, 0.3) is 22.8 Å². The van der Waals surface area contributed by atoms with Crippen LogP contribution in [0.15, 0.2) is 39.8 Å². The highest BCUT2D eigenvalue weighted by Gasteiger charge is 2.10. The number of H-pyrrole nitrogens is 1. The summed E-state index contributed by atoms with van der Waals surface area (Å²) < 4.78 is 7.13. The van der Waals surface area contributed by atoms with Crippen LogP contribution in [0.4, 0.5) is 0 Å². The predicted octanol–water partition coefficient (Wildman–Crippen LogP) is 1.74. The maximum atomic E-state index is 11.7. The number of nitrogens with one attached hydrogen (secondary N) is 1. The standard InChI is InChI=1S/C13H12N4O2/c1-8-3-4-11(19-8)13-15-10(5-12(18)16-13)9-6-14-17(2)7-9/h3-7H,1-2H3,(H,15,16,18). The minimum atomic E-state index is -0.224. The van der Waals surface area contributed by atoms with Crippen LogP contribution >= 0.6 is 0 Å². The number of aryl methyl sites for hydroxylation is 2. The molecule has 0 saturated carbocycles. The zero-order valence-corrected chi connectivity index (χ0v) is 10.5. The highest BCUT2D eigenvalue weighted by atomic mass is 16.3. The van der Waals surface area contributed by atoms with E-state index in [0.29, 0.717) is 17.3 Å². The zero-order valence-electron chi connectivity index (χ0n) is 10.5. The molecule has 0 spiro atoms. The van der Waals surface area contributed by atoms with Gasteiger partial charge in [-0.15, -0.1) is 0 Å². The molecule has 0 saturated heterocycles. The predicted molar refractivity (Wildman–Crippen MR) is 69.5 cm³/mol. The smallest absolute Gasteiger partial charge is 0.251 e. The van der Waals surface area contributed by atoms with E-state index in [4.69, 9.17) is 4.42 Å². The molecule has 1 N–H and O–H groups in total. The van der Waals surface area contributed by atoms with Gasteiger partial charge in [0.2, 0.25) is 0 Å². The molecule has 3 rings (SSSR count). The first-order valence-electron chi connectivity index (χ1n) is 5.79. The first-order chi connectivity index (χ1) is 9.11. The highest BCUT2D eigenvalue weighted by molar-refractivity contribution is 5.59. The van der Waals surface area contributed by atoms with Crippen LogP contribution in [0.3, 0.4) is 0 Å². The third-order valence-corrected chi connectivity index (χ3v) is 2.72. The van der Waals surface area contributed by atoms with Gasteiger partial charge in [-0.25, -0.2) is 4.98 Å². The van der Waals surface area contributed by atoms with Crippen molar-refractivity contribution in [1.82, 2.24) is 19.7 Å². The van der Waals surface area contributed by atoms with Crippen molar-refractivity contribution in [3.8, 4) is 22.8 Å². The third-order valence-electron chi connectivity index (χ3n) is 2.72. The molecule has 0 radical (unpaired) electrons. The first-order valence-corrected chi connectivity index (χ1v) is 5.79. The Morgan fingerprint density at radius 3 is 2.84 bits per heavy atom. The monoisotopic (exact) mass is 256 g/mol. The maximum absolute atomic E-state index is 11.7. The summed E-state index contributed by atoms with van der Waals surface area (Å²) in [7, 11) is 1.81. The summed E-state index contributed by atoms with van der Waals surface area (Å²) in [5.74, 6) is 1.73. The lowest BCUT2D eigenvalue weighted by atomic mass is 10.2. The summed E-state index contributed by atoms with van der Waals surface area (Å²) >= 11 is 0. The number of aromatic nitrogens is 4. The molecule has 0 unspecified atom stereocenters. The number of hydrogen-bond acceptors (Lipinski definition) is 4. The normalized spacial score (nSPS) is 10.8. The van der Waals surface area contributed by atoms with E-state index < -0.39 is 0 Å². The number of rotatable bonds is 2. The van der Waals surface area contributed by atoms with E-state index in [1.165, 1.54) is 6.07 Å². The molecule has 96 valence electrons. The van der Waals surface area contributed by atoms with Gasteiger partial charge in [0.25, 0.3) is 5.56 Å². The minimum absolute atomic E-state index is 0.224. The molecule has 19 heavy (non-hydrogen) atoms. The zero-order chi connectivity index (χ0) is 13.4. The molecule has 0 bridgehead atoms. The van der Waals surface area contributed by atoms with E-state index >= 15 is 0 Å². The van der Waals surface area contributed by atoms with Gasteiger partial charge in [0.1, 0.15) is 5.76 Å². The van der Waals surface area contributed by atoms with Crippen molar-refractivity contribution >= 4 is 0 Å². The molecular formula is C13H12N4O2. The second kappa shape index (κ2) is 4.24. The molecule has 3 heterocycles. The topological polar surface area (TPSA) is 76.7 Å². The van der Waals surface area contributed by atoms with Crippen molar-refractivity contribution < 1.29 is 4.42 Å². The van der Waals surface area contributed by atoms with Gasteiger partial charge in [-0.1, -0.05) is 0 Å². The largest absolute Gasteiger partial charge is 0.458 e. The Bertz CT molecular complexity index is 720. The maximum Gasteiger partial charge on any atom is 0.251 e. The molecule has 6 heteroatoms. The van der Waals surface area contributed by atoms with Crippen LogP contribution in [-0.2, 0) is 7.05 Å². The van der Waals surface area contributed by atoms with Gasteiger partial charge >= 0.3 is 0 Å². The fraction of sp³-hybridized carbons (Fsp3) is 0.154. The summed E-state index contributed by atoms with van der Waals surface area (Å²) in [4.78, 5) is 18.8. The Balaban J connectivity index is 2.13. The van der Waals surface area contributed by atoms with Crippen LogP contribution < -0.4 is 5.56 Å². The SMILES string of the molecule is Cc1ccc(-c2nc(-c3cnn(C)c3)cc(=O)[nH]2)o1. The number of nitrogens with zero attached hydrogens (tertiary/aromatic N) is 3. The van der Waals surface area contributed by atoms with E-state index in [0.717, 1.165) is 11.3 Å². The van der Waals surface area contributed by atoms with Crippen molar-refractivity contribution in [2.75, 3.05) is 0 Å². The van der Waals surface area contributed by atoms with Gasteiger partial charge in [-0.05, 0) is 19.1 Å². The summed E-state index contributed by atoms with van der Waals surface area (Å²) in [5, 5.41) is 4.07. The van der Waals surface area contributed by atoms with Crippen molar-refractivity contribution in [3.05, 3.63) is 46.7 Å². The number of hydrogen-bond donors (Lipinski definition) is 1. The van der Waals surface area contributed by atoms with Crippen LogP contribution in [0.5, 0.6) is 0 Å². The fourth-order valence-electron chi connectivity index (χ4n) is 1.84. The van der Waals surface area contributed by atoms with Gasteiger partial charge in [-0.2, -0.15) is 5.10 Å². The Labute approximate surface area is 108 Å². The lowest BCUT2D eigenvalue weighted by Gasteiger charge is -2.00. The van der Waals surface area contributed by atoms with E-state index in [-0.39, 0.29) is 5.56 Å². The molecule has 0 aliphatic heterocycles. The molecule has 0 amide bonds. The number of furan rings is 1. The average molecular weight is 256 g/mol. The van der Waals surface area contributed by atoms with Crippen molar-refractivity contribution in [3.63, 3.8) is 0 Å². The highest BCUT2D eigenvalue weighted by Crippen LogP contribution is 2.20. The van der Waals surface area contributed by atoms with Gasteiger partial charge in [-0.3, -0.25) is 9.48 Å². The van der Waals surface area contributed by atoms with E-state index in [1.807, 2.05) is 20.0 Å². The van der Waals surface area contributed by atoms with Crippen LogP contribution in [0, 0.1) is 6.92 Å². The second-order valence-corrected chi connectivity index (χ2v) is 4.29. The summed E-state index contributed by atoms with van der Waals surface area (Å²) in [6, 6.07) is 5.04. The molecule has 3 aromatic heterocycles. The third kappa shape index (κ3) is 2.20. The Morgan fingerprint density at radius 2 is 2.21 bits per heavy atom. The number of aromatic amines is 1. The fourth-order valence-corrected chi connectivity index (χ4v) is 1.84. The van der Waals surface area contributed by atoms with E-state index in [1.54, 1.807) is 23.1 Å². The molecule has 0 aromatic carbocycles. The second-order valence-electron chi connectivity index (χ2n) is 4.29. The van der Waals surface area contributed by atoms with Gasteiger partial charge in [0.15, 0.2) is 11.6 Å². The lowest BCUT2D eigenvalue weighted by molar-refractivity contribution is 0.544. The van der Waals surface area contributed by atoms with E-state index in [9.17, 15) is 4.79 Å². The Hall–Kier alpha value is -2.63. The molecule has 0 aliphatic carbocycles. The summed E-state index contributed by atoms with van der Waals surface area (Å²) in [5.41, 5.74) is 1.14. The van der Waals surface area contributed by atoms with Crippen LogP contribution in [-0.4, -0.2) is 19.7 Å². The molecule has 0 atom stereocenters. The summed E-state index contributed by atoms with van der Waals surface area (Å²) in [6.07, 6.45) is 3.47. The minimum Gasteiger partial charge on any atom is -0.458 e. The van der Waals surface area contributed by atoms with Crippen molar-refractivity contribution in [1.29, 1.82) is 0 Å². The summed E-state index contributed by atoms with van der Waals surface area (Å²) in [6.45, 7) is 1.84. The molecule has 6 nitrogen and oxygen atoms in total. The Kier molecular flexibility index (Phi) is 2.56. The lowest BCUT2D eigenvalue weighted by Crippen LogP contribution is -2.08. The molecular weight excluding hydrogens is 244 g/mol.